The Balaban J connectivity index is 1.89. The molecule has 0 aromatic carbocycles. The predicted octanol–water partition coefficient (Wildman–Crippen LogP) is 0.299. The first-order valence-electron chi connectivity index (χ1n) is 4.50. The van der Waals surface area contributed by atoms with E-state index in [1.54, 1.807) is 6.20 Å². The van der Waals surface area contributed by atoms with Crippen LogP contribution in [0.25, 0.3) is 0 Å². The molecule has 72 valence electrons. The molecule has 0 atom stereocenters. The Bertz CT molecular complexity index is 291. The second-order valence-corrected chi connectivity index (χ2v) is 3.80. The van der Waals surface area contributed by atoms with E-state index in [9.17, 15) is 0 Å². The van der Waals surface area contributed by atoms with E-state index in [4.69, 9.17) is 4.74 Å². The van der Waals surface area contributed by atoms with Crippen LogP contribution in [0.15, 0.2) is 12.4 Å². The number of nitrogens with zero attached hydrogens (tertiary/aromatic N) is 2. The Kier molecular flexibility index (Phi) is 2.09. The standard InChI is InChI=1S/C9H15N3O/c1-9(6-10-7-9)13-5-8-11-3-4-12(8)2/h3-4,10H,5-7H2,1-2H3. The summed E-state index contributed by atoms with van der Waals surface area (Å²) in [5, 5.41) is 3.19. The lowest BCUT2D eigenvalue weighted by Gasteiger charge is -2.38. The van der Waals surface area contributed by atoms with Gasteiger partial charge in [-0.3, -0.25) is 0 Å². The number of nitrogens with one attached hydrogen (secondary N) is 1. The molecule has 0 amide bonds. The topological polar surface area (TPSA) is 39.1 Å². The van der Waals surface area contributed by atoms with Gasteiger partial charge < -0.3 is 14.6 Å². The van der Waals surface area contributed by atoms with Gasteiger partial charge in [-0.15, -0.1) is 0 Å². The molecule has 0 saturated carbocycles. The third kappa shape index (κ3) is 1.73. The highest BCUT2D eigenvalue weighted by atomic mass is 16.5. The van der Waals surface area contributed by atoms with Gasteiger partial charge in [-0.25, -0.2) is 4.98 Å². The first kappa shape index (κ1) is 8.72. The molecular weight excluding hydrogens is 166 g/mol. The summed E-state index contributed by atoms with van der Waals surface area (Å²) in [7, 11) is 1.98. The maximum atomic E-state index is 5.74. The Morgan fingerprint density at radius 1 is 1.69 bits per heavy atom. The average molecular weight is 181 g/mol. The number of hydrogen-bond donors (Lipinski definition) is 1. The van der Waals surface area contributed by atoms with E-state index in [-0.39, 0.29) is 5.60 Å². The van der Waals surface area contributed by atoms with Crippen LogP contribution in [0.2, 0.25) is 0 Å². The van der Waals surface area contributed by atoms with Crippen molar-refractivity contribution in [3.8, 4) is 0 Å². The largest absolute Gasteiger partial charge is 0.365 e. The summed E-state index contributed by atoms with van der Waals surface area (Å²) in [4.78, 5) is 4.19. The molecule has 2 rings (SSSR count). The van der Waals surface area contributed by atoms with E-state index < -0.39 is 0 Å². The third-order valence-electron chi connectivity index (χ3n) is 2.47. The van der Waals surface area contributed by atoms with Gasteiger partial charge in [-0.1, -0.05) is 0 Å². The molecule has 1 aromatic rings. The zero-order valence-electron chi connectivity index (χ0n) is 8.08. The van der Waals surface area contributed by atoms with Crippen molar-refractivity contribution < 1.29 is 4.74 Å². The van der Waals surface area contributed by atoms with Crippen molar-refractivity contribution in [1.82, 2.24) is 14.9 Å². The van der Waals surface area contributed by atoms with Crippen LogP contribution in [-0.4, -0.2) is 28.2 Å². The van der Waals surface area contributed by atoms with Gasteiger partial charge in [0.05, 0.1) is 5.60 Å². The van der Waals surface area contributed by atoms with Crippen LogP contribution < -0.4 is 5.32 Å². The van der Waals surface area contributed by atoms with Gasteiger partial charge in [-0.05, 0) is 6.92 Å². The fourth-order valence-electron chi connectivity index (χ4n) is 1.35. The van der Waals surface area contributed by atoms with E-state index in [0.29, 0.717) is 6.61 Å². The summed E-state index contributed by atoms with van der Waals surface area (Å²) in [5.41, 5.74) is 0.0198. The fraction of sp³-hybridized carbons (Fsp3) is 0.667. The number of aryl methyl sites for hydroxylation is 1. The van der Waals surface area contributed by atoms with Gasteiger partial charge in [0.1, 0.15) is 12.4 Å². The molecule has 0 aliphatic carbocycles. The first-order valence-corrected chi connectivity index (χ1v) is 4.50. The van der Waals surface area contributed by atoms with Gasteiger partial charge in [-0.2, -0.15) is 0 Å². The molecule has 4 heteroatoms. The molecular formula is C9H15N3O. The lowest BCUT2D eigenvalue weighted by molar-refractivity contribution is -0.0795. The van der Waals surface area contributed by atoms with E-state index in [0.717, 1.165) is 18.9 Å². The second-order valence-electron chi connectivity index (χ2n) is 3.80. The molecule has 1 aliphatic heterocycles. The molecule has 1 aromatic heterocycles. The lowest BCUT2D eigenvalue weighted by Crippen LogP contribution is -2.58. The quantitative estimate of drug-likeness (QED) is 0.729. The molecule has 1 saturated heterocycles. The maximum Gasteiger partial charge on any atom is 0.134 e. The minimum absolute atomic E-state index is 0.0198. The van der Waals surface area contributed by atoms with Crippen molar-refractivity contribution in [1.29, 1.82) is 0 Å². The highest BCUT2D eigenvalue weighted by molar-refractivity contribution is 4.93. The zero-order valence-corrected chi connectivity index (χ0v) is 8.08. The molecule has 0 radical (unpaired) electrons. The van der Waals surface area contributed by atoms with Crippen molar-refractivity contribution in [3.63, 3.8) is 0 Å². The van der Waals surface area contributed by atoms with Crippen molar-refractivity contribution >= 4 is 0 Å². The Hall–Kier alpha value is -0.870. The van der Waals surface area contributed by atoms with E-state index >= 15 is 0 Å². The Morgan fingerprint density at radius 3 is 2.92 bits per heavy atom. The minimum atomic E-state index is 0.0198. The molecule has 0 spiro atoms. The van der Waals surface area contributed by atoms with Gasteiger partial charge in [0.25, 0.3) is 0 Å². The summed E-state index contributed by atoms with van der Waals surface area (Å²) >= 11 is 0. The second kappa shape index (κ2) is 3.12. The Morgan fingerprint density at radius 2 is 2.46 bits per heavy atom. The van der Waals surface area contributed by atoms with Crippen LogP contribution in [0, 0.1) is 0 Å². The highest BCUT2D eigenvalue weighted by Gasteiger charge is 2.32. The average Bonchev–Trinajstić information content (AvgIpc) is 2.44. The van der Waals surface area contributed by atoms with Crippen LogP contribution >= 0.6 is 0 Å². The summed E-state index contributed by atoms with van der Waals surface area (Å²) in [6, 6.07) is 0. The molecule has 0 unspecified atom stereocenters. The van der Waals surface area contributed by atoms with Crippen LogP contribution in [0.4, 0.5) is 0 Å². The van der Waals surface area contributed by atoms with Crippen LogP contribution in [0.1, 0.15) is 12.7 Å². The number of rotatable bonds is 3. The number of hydrogen-bond acceptors (Lipinski definition) is 3. The maximum absolute atomic E-state index is 5.74. The molecule has 4 nitrogen and oxygen atoms in total. The monoisotopic (exact) mass is 181 g/mol. The van der Waals surface area contributed by atoms with Crippen molar-refractivity contribution in [3.05, 3.63) is 18.2 Å². The normalized spacial score (nSPS) is 19.8. The summed E-state index contributed by atoms with van der Waals surface area (Å²) in [6.07, 6.45) is 3.72. The fourth-order valence-corrected chi connectivity index (χ4v) is 1.35. The van der Waals surface area contributed by atoms with Crippen molar-refractivity contribution in [2.24, 2.45) is 7.05 Å². The first-order chi connectivity index (χ1) is 6.20. The van der Waals surface area contributed by atoms with Gasteiger partial charge >= 0.3 is 0 Å². The number of ether oxygens (including phenoxy) is 1. The molecule has 2 heterocycles. The molecule has 1 aliphatic rings. The van der Waals surface area contributed by atoms with E-state index in [1.807, 2.05) is 17.8 Å². The number of aromatic nitrogens is 2. The van der Waals surface area contributed by atoms with E-state index in [1.165, 1.54) is 0 Å². The molecule has 13 heavy (non-hydrogen) atoms. The molecule has 1 fully saturated rings. The van der Waals surface area contributed by atoms with Crippen LogP contribution in [-0.2, 0) is 18.4 Å². The smallest absolute Gasteiger partial charge is 0.134 e. The third-order valence-corrected chi connectivity index (χ3v) is 2.47. The van der Waals surface area contributed by atoms with E-state index in [2.05, 4.69) is 17.2 Å². The van der Waals surface area contributed by atoms with Gasteiger partial charge in [0, 0.05) is 32.5 Å². The van der Waals surface area contributed by atoms with Gasteiger partial charge in [0.15, 0.2) is 0 Å². The Labute approximate surface area is 77.9 Å². The summed E-state index contributed by atoms with van der Waals surface area (Å²) in [5.74, 6) is 0.980. The zero-order chi connectivity index (χ0) is 9.31. The minimum Gasteiger partial charge on any atom is -0.365 e. The van der Waals surface area contributed by atoms with Gasteiger partial charge in [0.2, 0.25) is 0 Å². The molecule has 0 bridgehead atoms. The van der Waals surface area contributed by atoms with Crippen molar-refractivity contribution in [2.45, 2.75) is 19.1 Å². The summed E-state index contributed by atoms with van der Waals surface area (Å²) in [6.45, 7) is 4.60. The highest BCUT2D eigenvalue weighted by Crippen LogP contribution is 2.16. The summed E-state index contributed by atoms with van der Waals surface area (Å²) < 4.78 is 7.73. The molecule has 1 N–H and O–H groups in total. The predicted molar refractivity (Wildman–Crippen MR) is 49.3 cm³/mol. The SMILES string of the molecule is Cn1ccnc1COC1(C)CNC1. The number of imidazole rings is 1. The van der Waals surface area contributed by atoms with Crippen LogP contribution in [0.3, 0.4) is 0 Å². The lowest BCUT2D eigenvalue weighted by atomic mass is 10.0. The van der Waals surface area contributed by atoms with Crippen LogP contribution in [0.5, 0.6) is 0 Å². The van der Waals surface area contributed by atoms with Crippen molar-refractivity contribution in [2.75, 3.05) is 13.1 Å².